The first-order valence-electron chi connectivity index (χ1n) is 6.26. The van der Waals surface area contributed by atoms with E-state index in [0.29, 0.717) is 24.5 Å². The zero-order valence-corrected chi connectivity index (χ0v) is 12.5. The molecular formula is C13H14ClN3O2S. The summed E-state index contributed by atoms with van der Waals surface area (Å²) in [5, 5.41) is 0.463. The Hall–Kier alpha value is -1.37. The van der Waals surface area contributed by atoms with Crippen molar-refractivity contribution in [2.45, 2.75) is 24.8 Å². The Morgan fingerprint density at radius 3 is 2.95 bits per heavy atom. The highest BCUT2D eigenvalue weighted by Gasteiger charge is 2.29. The number of aromatic nitrogens is 2. The molecule has 0 spiro atoms. The first-order chi connectivity index (χ1) is 9.48. The zero-order chi connectivity index (χ0) is 14.3. The lowest BCUT2D eigenvalue weighted by Crippen LogP contribution is -2.36. The number of aromatic amines is 1. The molecule has 0 radical (unpaired) electrons. The van der Waals surface area contributed by atoms with E-state index in [0.717, 1.165) is 17.0 Å². The number of sulfonamides is 1. The van der Waals surface area contributed by atoms with Gasteiger partial charge in [0, 0.05) is 18.0 Å². The van der Waals surface area contributed by atoms with Gasteiger partial charge in [-0.05, 0) is 24.6 Å². The summed E-state index contributed by atoms with van der Waals surface area (Å²) in [7, 11) is -3.52. The fourth-order valence-electron chi connectivity index (χ4n) is 2.28. The highest BCUT2D eigenvalue weighted by Crippen LogP contribution is 2.26. The molecule has 1 N–H and O–H groups in total. The number of hydrogen-bond donors (Lipinski definition) is 1. The molecule has 2 heterocycles. The van der Waals surface area contributed by atoms with Gasteiger partial charge in [-0.2, -0.15) is 4.31 Å². The van der Waals surface area contributed by atoms with Gasteiger partial charge < -0.3 is 4.98 Å². The molecule has 0 atom stereocenters. The maximum Gasteiger partial charge on any atom is 0.243 e. The Kier molecular flexibility index (Phi) is 3.32. The van der Waals surface area contributed by atoms with Gasteiger partial charge in [0.1, 0.15) is 0 Å². The molecule has 2 aromatic rings. The minimum atomic E-state index is -3.52. The van der Waals surface area contributed by atoms with Crippen LogP contribution in [0.25, 0.3) is 0 Å². The van der Waals surface area contributed by atoms with Crippen molar-refractivity contribution in [3.05, 3.63) is 46.5 Å². The molecule has 0 saturated heterocycles. The Labute approximate surface area is 122 Å². The van der Waals surface area contributed by atoms with Crippen molar-refractivity contribution in [3.63, 3.8) is 0 Å². The summed E-state index contributed by atoms with van der Waals surface area (Å²) in [6.45, 7) is 2.60. The number of rotatable bonds is 2. The van der Waals surface area contributed by atoms with Crippen molar-refractivity contribution in [3.8, 4) is 0 Å². The highest BCUT2D eigenvalue weighted by molar-refractivity contribution is 7.89. The van der Waals surface area contributed by atoms with Gasteiger partial charge in [0.15, 0.2) is 0 Å². The van der Waals surface area contributed by atoms with E-state index in [4.69, 9.17) is 11.6 Å². The standard InChI is InChI=1S/C13H14ClN3O2S/c1-9-2-3-10(6-11(9)14)20(18,19)17-5-4-12-13(7-17)16-8-15-12/h2-3,6,8H,4-5,7H2,1H3,(H,15,16). The van der Waals surface area contributed by atoms with Gasteiger partial charge >= 0.3 is 0 Å². The van der Waals surface area contributed by atoms with Gasteiger partial charge in [0.25, 0.3) is 0 Å². The van der Waals surface area contributed by atoms with E-state index >= 15 is 0 Å². The monoisotopic (exact) mass is 311 g/mol. The highest BCUT2D eigenvalue weighted by atomic mass is 35.5. The van der Waals surface area contributed by atoms with E-state index in [1.165, 1.54) is 10.4 Å². The molecule has 1 aromatic heterocycles. The maximum absolute atomic E-state index is 12.6. The first kappa shape index (κ1) is 13.6. The number of halogens is 1. The largest absolute Gasteiger partial charge is 0.347 e. The molecule has 0 aliphatic carbocycles. The van der Waals surface area contributed by atoms with Crippen LogP contribution in [-0.4, -0.2) is 29.2 Å². The number of nitrogens with zero attached hydrogens (tertiary/aromatic N) is 2. The van der Waals surface area contributed by atoms with E-state index in [-0.39, 0.29) is 4.90 Å². The van der Waals surface area contributed by atoms with Crippen LogP contribution < -0.4 is 0 Å². The van der Waals surface area contributed by atoms with E-state index in [9.17, 15) is 8.42 Å². The molecular weight excluding hydrogens is 298 g/mol. The molecule has 5 nitrogen and oxygen atoms in total. The quantitative estimate of drug-likeness (QED) is 0.924. The van der Waals surface area contributed by atoms with Crippen LogP contribution in [0.3, 0.4) is 0 Å². The Morgan fingerprint density at radius 2 is 2.20 bits per heavy atom. The summed E-state index contributed by atoms with van der Waals surface area (Å²) in [5.41, 5.74) is 2.66. The predicted octanol–water partition coefficient (Wildman–Crippen LogP) is 2.12. The minimum absolute atomic E-state index is 0.232. The molecule has 0 unspecified atom stereocenters. The number of hydrogen-bond acceptors (Lipinski definition) is 3. The molecule has 0 saturated carbocycles. The molecule has 3 rings (SSSR count). The van der Waals surface area contributed by atoms with Gasteiger partial charge in [0.05, 0.1) is 29.2 Å². The molecule has 1 aliphatic heterocycles. The molecule has 106 valence electrons. The van der Waals surface area contributed by atoms with Gasteiger partial charge in [-0.25, -0.2) is 13.4 Å². The van der Waals surface area contributed by atoms with Crippen molar-refractivity contribution < 1.29 is 8.42 Å². The van der Waals surface area contributed by atoms with E-state index < -0.39 is 10.0 Å². The average Bonchev–Trinajstić information content (AvgIpc) is 2.89. The summed E-state index contributed by atoms with van der Waals surface area (Å²) in [5.74, 6) is 0. The summed E-state index contributed by atoms with van der Waals surface area (Å²) < 4.78 is 26.7. The summed E-state index contributed by atoms with van der Waals surface area (Å²) in [6, 6.07) is 4.83. The fraction of sp³-hybridized carbons (Fsp3) is 0.308. The third-order valence-corrected chi connectivity index (χ3v) is 5.77. The van der Waals surface area contributed by atoms with Crippen LogP contribution in [0, 0.1) is 6.92 Å². The molecule has 20 heavy (non-hydrogen) atoms. The summed E-state index contributed by atoms with van der Waals surface area (Å²) in [4.78, 5) is 7.39. The third-order valence-electron chi connectivity index (χ3n) is 3.52. The van der Waals surface area contributed by atoms with Gasteiger partial charge in [-0.1, -0.05) is 17.7 Å². The topological polar surface area (TPSA) is 66.1 Å². The first-order valence-corrected chi connectivity index (χ1v) is 8.08. The number of benzene rings is 1. The van der Waals surface area contributed by atoms with Crippen LogP contribution in [0.1, 0.15) is 17.0 Å². The number of imidazole rings is 1. The molecule has 1 aliphatic rings. The van der Waals surface area contributed by atoms with Crippen LogP contribution in [0.2, 0.25) is 5.02 Å². The number of H-pyrrole nitrogens is 1. The SMILES string of the molecule is Cc1ccc(S(=O)(=O)N2CCc3nc[nH]c3C2)cc1Cl. The van der Waals surface area contributed by atoms with E-state index in [1.807, 2.05) is 6.92 Å². The molecule has 1 aromatic carbocycles. The zero-order valence-electron chi connectivity index (χ0n) is 10.9. The second-order valence-electron chi connectivity index (χ2n) is 4.83. The van der Waals surface area contributed by atoms with E-state index in [2.05, 4.69) is 9.97 Å². The third kappa shape index (κ3) is 2.24. The van der Waals surface area contributed by atoms with Crippen molar-refractivity contribution in [1.82, 2.24) is 14.3 Å². The Morgan fingerprint density at radius 1 is 1.40 bits per heavy atom. The molecule has 0 amide bonds. The Balaban J connectivity index is 1.95. The minimum Gasteiger partial charge on any atom is -0.347 e. The lowest BCUT2D eigenvalue weighted by atomic mass is 10.2. The van der Waals surface area contributed by atoms with Crippen LogP contribution in [0.5, 0.6) is 0 Å². The van der Waals surface area contributed by atoms with Crippen molar-refractivity contribution >= 4 is 21.6 Å². The smallest absolute Gasteiger partial charge is 0.243 e. The maximum atomic E-state index is 12.6. The van der Waals surface area contributed by atoms with Crippen LogP contribution in [-0.2, 0) is 23.0 Å². The van der Waals surface area contributed by atoms with Crippen LogP contribution >= 0.6 is 11.6 Å². The van der Waals surface area contributed by atoms with Gasteiger partial charge in [0.2, 0.25) is 10.0 Å². The molecule has 7 heteroatoms. The predicted molar refractivity (Wildman–Crippen MR) is 76.1 cm³/mol. The van der Waals surface area contributed by atoms with Crippen LogP contribution in [0.15, 0.2) is 29.4 Å². The second kappa shape index (κ2) is 4.87. The van der Waals surface area contributed by atoms with Crippen molar-refractivity contribution in [2.75, 3.05) is 6.54 Å². The molecule has 0 fully saturated rings. The van der Waals surface area contributed by atoms with E-state index in [1.54, 1.807) is 18.5 Å². The Bertz CT molecular complexity index is 755. The number of fused-ring (bicyclic) bond motifs is 1. The molecule has 0 bridgehead atoms. The normalized spacial score (nSPS) is 16.1. The van der Waals surface area contributed by atoms with Crippen molar-refractivity contribution in [1.29, 1.82) is 0 Å². The summed E-state index contributed by atoms with van der Waals surface area (Å²) in [6.07, 6.45) is 2.22. The summed E-state index contributed by atoms with van der Waals surface area (Å²) >= 11 is 6.02. The number of nitrogens with one attached hydrogen (secondary N) is 1. The van der Waals surface area contributed by atoms with Gasteiger partial charge in [-0.3, -0.25) is 0 Å². The van der Waals surface area contributed by atoms with Gasteiger partial charge in [-0.15, -0.1) is 0 Å². The van der Waals surface area contributed by atoms with Crippen molar-refractivity contribution in [2.24, 2.45) is 0 Å². The second-order valence-corrected chi connectivity index (χ2v) is 7.17. The lowest BCUT2D eigenvalue weighted by molar-refractivity contribution is 0.385. The number of aryl methyl sites for hydroxylation is 1. The van der Waals surface area contributed by atoms with Crippen LogP contribution in [0.4, 0.5) is 0 Å². The average molecular weight is 312 g/mol. The lowest BCUT2D eigenvalue weighted by Gasteiger charge is -2.25. The fourth-order valence-corrected chi connectivity index (χ4v) is 3.96.